The predicted molar refractivity (Wildman–Crippen MR) is 120 cm³/mol. The number of carbonyl (C=O) groups is 1. The van der Waals surface area contributed by atoms with E-state index in [2.05, 4.69) is 15.6 Å². The summed E-state index contributed by atoms with van der Waals surface area (Å²) in [5, 5.41) is 6.91. The van der Waals surface area contributed by atoms with Crippen LogP contribution in [0, 0.1) is 10.6 Å². The van der Waals surface area contributed by atoms with Gasteiger partial charge in [-0.25, -0.2) is 14.2 Å². The zero-order valence-electron chi connectivity index (χ0n) is 17.0. The lowest BCUT2D eigenvalue weighted by molar-refractivity contribution is -0.112. The van der Waals surface area contributed by atoms with Crippen molar-refractivity contribution in [1.29, 1.82) is 0 Å². The summed E-state index contributed by atoms with van der Waals surface area (Å²) in [5.74, 6) is 0.0190. The lowest BCUT2D eigenvalue weighted by atomic mass is 10.2. The fourth-order valence-corrected chi connectivity index (χ4v) is 3.17. The third-order valence-corrected chi connectivity index (χ3v) is 4.60. The Labute approximate surface area is 188 Å². The molecular weight excluding hydrogens is 443 g/mol. The van der Waals surface area contributed by atoms with Gasteiger partial charge in [-0.15, -0.1) is 0 Å². The molecule has 0 radical (unpaired) electrons. The Morgan fingerprint density at radius 1 is 1.35 bits per heavy atom. The number of H-pyrrole nitrogens is 1. The van der Waals surface area contributed by atoms with Crippen molar-refractivity contribution in [3.63, 3.8) is 0 Å². The SMILES string of the molecule is COc1cc(/C=C/C(=O)Nn2c(-c3ccccc3F)n[nH]c2=S)cc(Cl)c1OC(C)C. The van der Waals surface area contributed by atoms with E-state index in [4.69, 9.17) is 33.3 Å². The molecule has 10 heteroatoms. The number of ether oxygens (including phenoxy) is 2. The fraction of sp³-hybridized carbons (Fsp3) is 0.190. The van der Waals surface area contributed by atoms with Crippen LogP contribution in [0.1, 0.15) is 19.4 Å². The maximum absolute atomic E-state index is 14.1. The molecule has 0 aliphatic carbocycles. The summed E-state index contributed by atoms with van der Waals surface area (Å²) in [7, 11) is 1.50. The molecule has 2 aromatic carbocycles. The molecule has 0 aliphatic rings. The maximum atomic E-state index is 14.1. The molecule has 0 saturated heterocycles. The molecule has 1 aromatic heterocycles. The Kier molecular flexibility index (Phi) is 7.09. The number of benzene rings is 2. The molecule has 7 nitrogen and oxygen atoms in total. The first-order valence-electron chi connectivity index (χ1n) is 9.25. The number of aromatic nitrogens is 3. The van der Waals surface area contributed by atoms with Crippen molar-refractivity contribution < 1.29 is 18.7 Å². The van der Waals surface area contributed by atoms with Crippen LogP contribution in [0.4, 0.5) is 4.39 Å². The number of hydrogen-bond acceptors (Lipinski definition) is 5. The zero-order valence-corrected chi connectivity index (χ0v) is 18.6. The van der Waals surface area contributed by atoms with E-state index >= 15 is 0 Å². The molecule has 3 aromatic rings. The van der Waals surface area contributed by atoms with E-state index in [0.29, 0.717) is 22.1 Å². The van der Waals surface area contributed by atoms with Crippen molar-refractivity contribution in [3.8, 4) is 22.9 Å². The highest BCUT2D eigenvalue weighted by atomic mass is 35.5. The number of aromatic amines is 1. The first kappa shape index (κ1) is 22.5. The highest BCUT2D eigenvalue weighted by molar-refractivity contribution is 7.71. The number of methoxy groups -OCH3 is 1. The van der Waals surface area contributed by atoms with Crippen LogP contribution in [0.3, 0.4) is 0 Å². The van der Waals surface area contributed by atoms with E-state index in [9.17, 15) is 9.18 Å². The standard InChI is InChI=1S/C21H20ClFN4O3S/c1-12(2)30-19-15(22)10-13(11-17(19)29-3)8-9-18(28)26-27-20(24-25-21(27)31)14-6-4-5-7-16(14)23/h4-12H,1-3H3,(H,25,31)(H,26,28)/b9-8+. The summed E-state index contributed by atoms with van der Waals surface area (Å²) in [6.07, 6.45) is 2.75. The molecule has 3 rings (SSSR count). The fourth-order valence-electron chi connectivity index (χ4n) is 2.73. The van der Waals surface area contributed by atoms with E-state index in [0.717, 1.165) is 0 Å². The minimum atomic E-state index is -0.507. The molecule has 162 valence electrons. The number of hydrogen-bond donors (Lipinski definition) is 2. The van der Waals surface area contributed by atoms with Crippen molar-refractivity contribution in [2.45, 2.75) is 20.0 Å². The average Bonchev–Trinajstić information content (AvgIpc) is 3.08. The second-order valence-corrected chi connectivity index (χ2v) is 7.47. The normalized spacial score (nSPS) is 11.2. The number of nitrogens with zero attached hydrogens (tertiary/aromatic N) is 2. The molecule has 1 amide bonds. The van der Waals surface area contributed by atoms with Gasteiger partial charge in [-0.05, 0) is 62.0 Å². The minimum absolute atomic E-state index is 0.0817. The number of halogens is 2. The molecule has 0 saturated carbocycles. The van der Waals surface area contributed by atoms with Crippen molar-refractivity contribution in [2.75, 3.05) is 12.5 Å². The van der Waals surface area contributed by atoms with Gasteiger partial charge in [0.2, 0.25) is 4.77 Å². The third kappa shape index (κ3) is 5.31. The van der Waals surface area contributed by atoms with Gasteiger partial charge in [0.05, 0.1) is 23.8 Å². The van der Waals surface area contributed by atoms with Crippen LogP contribution in [0.15, 0.2) is 42.5 Å². The summed E-state index contributed by atoms with van der Waals surface area (Å²) >= 11 is 11.5. The van der Waals surface area contributed by atoms with Gasteiger partial charge in [-0.3, -0.25) is 10.2 Å². The summed E-state index contributed by atoms with van der Waals surface area (Å²) in [6.45, 7) is 3.76. The zero-order chi connectivity index (χ0) is 22.5. The van der Waals surface area contributed by atoms with Gasteiger partial charge in [-0.2, -0.15) is 5.10 Å². The lowest BCUT2D eigenvalue weighted by Crippen LogP contribution is -2.22. The number of rotatable bonds is 7. The molecular formula is C21H20ClFN4O3S. The molecule has 0 aliphatic heterocycles. The van der Waals surface area contributed by atoms with E-state index in [1.165, 1.54) is 30.0 Å². The third-order valence-electron chi connectivity index (χ3n) is 4.04. The Morgan fingerprint density at radius 2 is 2.10 bits per heavy atom. The van der Waals surface area contributed by atoms with Gasteiger partial charge in [0.15, 0.2) is 17.3 Å². The number of nitrogens with one attached hydrogen (secondary N) is 2. The van der Waals surface area contributed by atoms with Crippen LogP contribution < -0.4 is 14.9 Å². The molecule has 0 bridgehead atoms. The Morgan fingerprint density at radius 3 is 2.77 bits per heavy atom. The van der Waals surface area contributed by atoms with Crippen molar-refractivity contribution in [1.82, 2.24) is 14.9 Å². The molecule has 0 fully saturated rings. The quantitative estimate of drug-likeness (QED) is 0.382. The van der Waals surface area contributed by atoms with Crippen LogP contribution in [0.5, 0.6) is 11.5 Å². The Balaban J connectivity index is 1.83. The second kappa shape index (κ2) is 9.76. The van der Waals surface area contributed by atoms with Crippen LogP contribution in [0.2, 0.25) is 5.02 Å². The van der Waals surface area contributed by atoms with Gasteiger partial charge < -0.3 is 9.47 Å². The highest BCUT2D eigenvalue weighted by Crippen LogP contribution is 2.37. The van der Waals surface area contributed by atoms with E-state index in [1.807, 2.05) is 13.8 Å². The van der Waals surface area contributed by atoms with Crippen molar-refractivity contribution in [2.24, 2.45) is 0 Å². The van der Waals surface area contributed by atoms with E-state index < -0.39 is 11.7 Å². The largest absolute Gasteiger partial charge is 0.493 e. The van der Waals surface area contributed by atoms with Gasteiger partial charge in [0, 0.05) is 6.08 Å². The summed E-state index contributed by atoms with van der Waals surface area (Å²) < 4.78 is 26.5. The monoisotopic (exact) mass is 462 g/mol. The van der Waals surface area contributed by atoms with E-state index in [1.54, 1.807) is 30.3 Å². The second-order valence-electron chi connectivity index (χ2n) is 6.68. The molecule has 0 atom stereocenters. The van der Waals surface area contributed by atoms with Gasteiger partial charge in [0.25, 0.3) is 5.91 Å². The first-order valence-corrected chi connectivity index (χ1v) is 10.0. The molecule has 0 unspecified atom stereocenters. The maximum Gasteiger partial charge on any atom is 0.262 e. The van der Waals surface area contributed by atoms with Crippen LogP contribution in [-0.4, -0.2) is 34.0 Å². The van der Waals surface area contributed by atoms with Gasteiger partial charge >= 0.3 is 0 Å². The Hall–Kier alpha value is -3.17. The summed E-state index contributed by atoms with van der Waals surface area (Å²) in [4.78, 5) is 12.5. The van der Waals surface area contributed by atoms with Gasteiger partial charge in [0.1, 0.15) is 5.82 Å². The van der Waals surface area contributed by atoms with Crippen LogP contribution in [-0.2, 0) is 4.79 Å². The van der Waals surface area contributed by atoms with Crippen LogP contribution in [0.25, 0.3) is 17.5 Å². The number of carbonyl (C=O) groups excluding carboxylic acids is 1. The van der Waals surface area contributed by atoms with Crippen molar-refractivity contribution in [3.05, 3.63) is 63.6 Å². The lowest BCUT2D eigenvalue weighted by Gasteiger charge is -2.15. The Bertz CT molecular complexity index is 1190. The molecule has 2 N–H and O–H groups in total. The molecule has 1 heterocycles. The predicted octanol–water partition coefficient (Wildman–Crippen LogP) is 4.98. The van der Waals surface area contributed by atoms with Crippen LogP contribution >= 0.6 is 23.8 Å². The summed E-state index contributed by atoms with van der Waals surface area (Å²) in [5.41, 5.74) is 3.39. The summed E-state index contributed by atoms with van der Waals surface area (Å²) in [6, 6.07) is 9.40. The molecule has 31 heavy (non-hydrogen) atoms. The van der Waals surface area contributed by atoms with Gasteiger partial charge in [-0.1, -0.05) is 23.7 Å². The smallest absolute Gasteiger partial charge is 0.262 e. The average molecular weight is 463 g/mol. The number of amides is 1. The molecule has 0 spiro atoms. The van der Waals surface area contributed by atoms with E-state index in [-0.39, 0.29) is 22.3 Å². The topological polar surface area (TPSA) is 81.2 Å². The van der Waals surface area contributed by atoms with Crippen molar-refractivity contribution >= 4 is 35.8 Å². The highest BCUT2D eigenvalue weighted by Gasteiger charge is 2.15. The minimum Gasteiger partial charge on any atom is -0.493 e. The first-order chi connectivity index (χ1) is 14.8.